The monoisotopic (exact) mass is 459 g/mol. The number of hydrogen-bond acceptors (Lipinski definition) is 6. The van der Waals surface area contributed by atoms with Crippen LogP contribution in [-0.2, 0) is 14.3 Å². The van der Waals surface area contributed by atoms with E-state index in [-0.39, 0.29) is 24.5 Å². The van der Waals surface area contributed by atoms with Gasteiger partial charge in [0.2, 0.25) is 11.8 Å². The van der Waals surface area contributed by atoms with Gasteiger partial charge in [0, 0.05) is 32.6 Å². The molecule has 2 aliphatic rings. The molecular weight excluding hydrogens is 422 g/mol. The summed E-state index contributed by atoms with van der Waals surface area (Å²) in [6.07, 6.45) is 7.78. The second-order valence-electron chi connectivity index (χ2n) is 9.89. The third-order valence-corrected chi connectivity index (χ3v) is 5.96. The maximum atomic E-state index is 12.2. The van der Waals surface area contributed by atoms with Crippen molar-refractivity contribution in [2.75, 3.05) is 42.9 Å². The van der Waals surface area contributed by atoms with E-state index >= 15 is 0 Å². The van der Waals surface area contributed by atoms with Gasteiger partial charge in [-0.2, -0.15) is 0 Å². The molecule has 0 bridgehead atoms. The topological polar surface area (TPSA) is 104 Å². The molecule has 0 spiro atoms. The van der Waals surface area contributed by atoms with E-state index in [9.17, 15) is 14.4 Å². The van der Waals surface area contributed by atoms with Gasteiger partial charge in [0.1, 0.15) is 11.4 Å². The van der Waals surface area contributed by atoms with Crippen molar-refractivity contribution in [2.45, 2.75) is 64.9 Å². The Hall–Kier alpha value is -2.84. The molecule has 3 amide bonds. The lowest BCUT2D eigenvalue weighted by Gasteiger charge is -2.36. The summed E-state index contributed by atoms with van der Waals surface area (Å²) in [4.78, 5) is 44.6. The first kappa shape index (κ1) is 24.8. The van der Waals surface area contributed by atoms with Crippen LogP contribution in [0.15, 0.2) is 18.3 Å². The van der Waals surface area contributed by atoms with Gasteiger partial charge in [0.25, 0.3) is 0 Å². The van der Waals surface area contributed by atoms with Crippen molar-refractivity contribution >= 4 is 29.4 Å². The summed E-state index contributed by atoms with van der Waals surface area (Å²) in [6, 6.07) is 3.64. The zero-order valence-electron chi connectivity index (χ0n) is 20.1. The molecule has 3 rings (SSSR count). The number of anilines is 2. The first-order valence-electron chi connectivity index (χ1n) is 11.9. The van der Waals surface area contributed by atoms with Crippen molar-refractivity contribution in [2.24, 2.45) is 5.92 Å². The molecule has 2 N–H and O–H groups in total. The van der Waals surface area contributed by atoms with Crippen molar-refractivity contribution in [1.29, 1.82) is 0 Å². The average Bonchev–Trinajstić information content (AvgIpc) is 2.78. The molecule has 1 aliphatic carbocycles. The molecule has 0 aromatic carbocycles. The van der Waals surface area contributed by atoms with Gasteiger partial charge in [0.15, 0.2) is 0 Å². The summed E-state index contributed by atoms with van der Waals surface area (Å²) in [7, 11) is 0. The van der Waals surface area contributed by atoms with Gasteiger partial charge in [-0.25, -0.2) is 9.78 Å². The van der Waals surface area contributed by atoms with Gasteiger partial charge in [-0.05, 0) is 51.7 Å². The number of amides is 3. The molecule has 9 heteroatoms. The number of rotatable bonds is 6. The van der Waals surface area contributed by atoms with Crippen molar-refractivity contribution in [1.82, 2.24) is 15.2 Å². The maximum Gasteiger partial charge on any atom is 0.410 e. The zero-order chi connectivity index (χ0) is 23.8. The van der Waals surface area contributed by atoms with E-state index in [1.54, 1.807) is 17.2 Å². The number of pyridine rings is 1. The SMILES string of the molecule is CC(C)(C)OC(=O)N1CCN(c2ccc(NC(=O)CNC(=O)CC3CCCCC3)nc2)CC1. The van der Waals surface area contributed by atoms with Crippen LogP contribution >= 0.6 is 0 Å². The Bertz CT molecular complexity index is 807. The lowest BCUT2D eigenvalue weighted by atomic mass is 9.87. The van der Waals surface area contributed by atoms with E-state index in [4.69, 9.17) is 4.74 Å². The number of nitrogens with one attached hydrogen (secondary N) is 2. The van der Waals surface area contributed by atoms with E-state index in [1.165, 1.54) is 19.3 Å². The zero-order valence-corrected chi connectivity index (χ0v) is 20.1. The van der Waals surface area contributed by atoms with Crippen LogP contribution in [0.2, 0.25) is 0 Å². The summed E-state index contributed by atoms with van der Waals surface area (Å²) < 4.78 is 5.43. The largest absolute Gasteiger partial charge is 0.444 e. The molecule has 2 heterocycles. The maximum absolute atomic E-state index is 12.2. The second kappa shape index (κ2) is 11.3. The smallest absolute Gasteiger partial charge is 0.410 e. The molecular formula is C24H37N5O4. The van der Waals surface area contributed by atoms with Crippen LogP contribution < -0.4 is 15.5 Å². The first-order valence-corrected chi connectivity index (χ1v) is 11.9. The molecule has 0 unspecified atom stereocenters. The molecule has 1 saturated carbocycles. The summed E-state index contributed by atoms with van der Waals surface area (Å²) >= 11 is 0. The summed E-state index contributed by atoms with van der Waals surface area (Å²) in [5.41, 5.74) is 0.425. The number of carbonyl (C=O) groups is 3. The van der Waals surface area contributed by atoms with Crippen LogP contribution in [0.25, 0.3) is 0 Å². The molecule has 33 heavy (non-hydrogen) atoms. The average molecular weight is 460 g/mol. The quantitative estimate of drug-likeness (QED) is 0.677. The number of ether oxygens (including phenoxy) is 1. The molecule has 2 fully saturated rings. The summed E-state index contributed by atoms with van der Waals surface area (Å²) in [6.45, 7) is 8.04. The lowest BCUT2D eigenvalue weighted by Crippen LogP contribution is -2.50. The Morgan fingerprint density at radius 3 is 2.33 bits per heavy atom. The number of nitrogens with zero attached hydrogens (tertiary/aromatic N) is 3. The van der Waals surface area contributed by atoms with Crippen LogP contribution in [0.3, 0.4) is 0 Å². The summed E-state index contributed by atoms with van der Waals surface area (Å²) in [5, 5.41) is 5.43. The van der Waals surface area contributed by atoms with Crippen LogP contribution in [0.1, 0.15) is 59.3 Å². The molecule has 1 aromatic rings. The minimum absolute atomic E-state index is 0.0540. The highest BCUT2D eigenvalue weighted by Gasteiger charge is 2.26. The fourth-order valence-electron chi connectivity index (χ4n) is 4.21. The Labute approximate surface area is 196 Å². The molecule has 1 aliphatic heterocycles. The van der Waals surface area contributed by atoms with Crippen LogP contribution in [0.4, 0.5) is 16.3 Å². The van der Waals surface area contributed by atoms with Crippen LogP contribution in [0.5, 0.6) is 0 Å². The van der Waals surface area contributed by atoms with Gasteiger partial charge in [-0.1, -0.05) is 19.3 Å². The minimum Gasteiger partial charge on any atom is -0.444 e. The number of carbonyl (C=O) groups excluding carboxylic acids is 3. The van der Waals surface area contributed by atoms with Gasteiger partial charge in [0.05, 0.1) is 18.4 Å². The third-order valence-electron chi connectivity index (χ3n) is 5.96. The Balaban J connectivity index is 1.39. The van der Waals surface area contributed by atoms with Crippen LogP contribution in [-0.4, -0.2) is 66.1 Å². The highest BCUT2D eigenvalue weighted by molar-refractivity contribution is 5.93. The van der Waals surface area contributed by atoms with Crippen LogP contribution in [0, 0.1) is 5.92 Å². The fraction of sp³-hybridized carbons (Fsp3) is 0.667. The minimum atomic E-state index is -0.503. The predicted molar refractivity (Wildman–Crippen MR) is 127 cm³/mol. The third kappa shape index (κ3) is 8.22. The Morgan fingerprint density at radius 1 is 1.03 bits per heavy atom. The standard InChI is InChI=1S/C24H37N5O4/c1-24(2,3)33-23(32)29-13-11-28(12-14-29)19-9-10-20(25-16-19)27-22(31)17-26-21(30)15-18-7-5-4-6-8-18/h9-10,16,18H,4-8,11-15,17H2,1-3H3,(H,26,30)(H,25,27,31). The lowest BCUT2D eigenvalue weighted by molar-refractivity contribution is -0.125. The molecule has 0 radical (unpaired) electrons. The molecule has 182 valence electrons. The van der Waals surface area contributed by atoms with Crippen molar-refractivity contribution < 1.29 is 19.1 Å². The van der Waals surface area contributed by atoms with E-state index in [1.807, 2.05) is 26.8 Å². The highest BCUT2D eigenvalue weighted by Crippen LogP contribution is 2.26. The van der Waals surface area contributed by atoms with Gasteiger partial charge >= 0.3 is 6.09 Å². The highest BCUT2D eigenvalue weighted by atomic mass is 16.6. The van der Waals surface area contributed by atoms with Gasteiger partial charge in [-0.3, -0.25) is 9.59 Å². The first-order chi connectivity index (χ1) is 15.7. The van der Waals surface area contributed by atoms with E-state index in [2.05, 4.69) is 20.5 Å². The number of hydrogen-bond donors (Lipinski definition) is 2. The molecule has 9 nitrogen and oxygen atoms in total. The van der Waals surface area contributed by atoms with E-state index in [0.29, 0.717) is 44.3 Å². The Morgan fingerprint density at radius 2 is 1.73 bits per heavy atom. The second-order valence-corrected chi connectivity index (χ2v) is 9.89. The molecule has 0 atom stereocenters. The molecule has 1 aromatic heterocycles. The number of aromatic nitrogens is 1. The van der Waals surface area contributed by atoms with Gasteiger partial charge < -0.3 is 25.2 Å². The van der Waals surface area contributed by atoms with Crippen molar-refractivity contribution in [3.63, 3.8) is 0 Å². The van der Waals surface area contributed by atoms with E-state index < -0.39 is 5.60 Å². The van der Waals surface area contributed by atoms with Crippen molar-refractivity contribution in [3.05, 3.63) is 18.3 Å². The fourth-order valence-corrected chi connectivity index (χ4v) is 4.21. The molecule has 1 saturated heterocycles. The van der Waals surface area contributed by atoms with Crippen molar-refractivity contribution in [3.8, 4) is 0 Å². The van der Waals surface area contributed by atoms with E-state index in [0.717, 1.165) is 18.5 Å². The summed E-state index contributed by atoms with van der Waals surface area (Å²) in [5.74, 6) is 0.531. The Kier molecular flexibility index (Phi) is 8.52. The normalized spacial score (nSPS) is 17.4. The van der Waals surface area contributed by atoms with Gasteiger partial charge in [-0.15, -0.1) is 0 Å². The number of piperazine rings is 1. The predicted octanol–water partition coefficient (Wildman–Crippen LogP) is 3.16.